The van der Waals surface area contributed by atoms with Gasteiger partial charge in [0, 0.05) is 6.04 Å². The normalized spacial score (nSPS) is 40.9. The molecule has 4 saturated carbocycles. The molecule has 3 heteroatoms. The van der Waals surface area contributed by atoms with Gasteiger partial charge in [0.25, 0.3) is 0 Å². The molecule has 0 radical (unpaired) electrons. The highest BCUT2D eigenvalue weighted by Gasteiger charge is 2.64. The van der Waals surface area contributed by atoms with Crippen molar-refractivity contribution in [3.63, 3.8) is 0 Å². The van der Waals surface area contributed by atoms with Crippen LogP contribution in [0.1, 0.15) is 83.6 Å². The predicted molar refractivity (Wildman–Crippen MR) is 118 cm³/mol. The first-order valence-electron chi connectivity index (χ1n) is 11.8. The van der Waals surface area contributed by atoms with E-state index in [0.717, 1.165) is 44.9 Å². The monoisotopic (exact) mass is 392 g/mol. The van der Waals surface area contributed by atoms with Crippen LogP contribution in [0.3, 0.4) is 0 Å². The Kier molecular flexibility index (Phi) is 4.64. The van der Waals surface area contributed by atoms with Crippen LogP contribution in [0.5, 0.6) is 0 Å². The Balaban J connectivity index is 1.40. The van der Waals surface area contributed by atoms with Crippen LogP contribution in [0.15, 0.2) is 35.3 Å². The summed E-state index contributed by atoms with van der Waals surface area (Å²) in [5, 5.41) is 3.52. The topological polar surface area (TPSA) is 41.5 Å². The SMILES string of the molecule is CC[C@@H](C[C@H]1CCC=N1)NC(=O)C12CC3CC(C)(C1)CC(c1ccccc1)(C3)C2. The van der Waals surface area contributed by atoms with Gasteiger partial charge in [-0.1, -0.05) is 44.2 Å². The number of hydrogen-bond donors (Lipinski definition) is 1. The maximum atomic E-state index is 13.8. The lowest BCUT2D eigenvalue weighted by atomic mass is 9.38. The molecular formula is C26H36N2O. The van der Waals surface area contributed by atoms with E-state index in [9.17, 15) is 4.79 Å². The van der Waals surface area contributed by atoms with E-state index in [-0.39, 0.29) is 16.9 Å². The minimum absolute atomic E-state index is 0.170. The van der Waals surface area contributed by atoms with Crippen LogP contribution in [-0.2, 0) is 10.2 Å². The summed E-state index contributed by atoms with van der Waals surface area (Å²) in [6, 6.07) is 11.8. The largest absolute Gasteiger partial charge is 0.353 e. The molecule has 6 atom stereocenters. The molecule has 5 aliphatic rings. The van der Waals surface area contributed by atoms with Gasteiger partial charge >= 0.3 is 0 Å². The highest BCUT2D eigenvalue weighted by Crippen LogP contribution is 2.70. The number of carbonyl (C=O) groups is 1. The summed E-state index contributed by atoms with van der Waals surface area (Å²) >= 11 is 0. The van der Waals surface area contributed by atoms with Gasteiger partial charge in [-0.2, -0.15) is 0 Å². The Morgan fingerprint density at radius 3 is 2.69 bits per heavy atom. The van der Waals surface area contributed by atoms with E-state index in [1.54, 1.807) is 0 Å². The van der Waals surface area contributed by atoms with Crippen molar-refractivity contribution in [2.45, 2.75) is 95.6 Å². The molecule has 1 aliphatic heterocycles. The fourth-order valence-electron chi connectivity index (χ4n) is 8.03. The summed E-state index contributed by atoms with van der Waals surface area (Å²) in [5.41, 5.74) is 1.81. The van der Waals surface area contributed by atoms with Crippen LogP contribution in [0, 0.1) is 16.7 Å². The van der Waals surface area contributed by atoms with E-state index >= 15 is 0 Å². The summed E-state index contributed by atoms with van der Waals surface area (Å²) < 4.78 is 0. The molecule has 1 aromatic rings. The number of aliphatic imine (C=N–C) groups is 1. The smallest absolute Gasteiger partial charge is 0.226 e. The van der Waals surface area contributed by atoms with Gasteiger partial charge in [-0.15, -0.1) is 0 Å². The molecule has 6 rings (SSSR count). The van der Waals surface area contributed by atoms with E-state index in [0.29, 0.717) is 23.3 Å². The molecule has 0 saturated heterocycles. The quantitative estimate of drug-likeness (QED) is 0.689. The maximum Gasteiger partial charge on any atom is 0.226 e. The summed E-state index contributed by atoms with van der Waals surface area (Å²) in [5.74, 6) is 1.05. The Hall–Kier alpha value is -1.64. The van der Waals surface area contributed by atoms with Crippen molar-refractivity contribution in [2.75, 3.05) is 0 Å². The second-order valence-electron chi connectivity index (χ2n) is 11.1. The Morgan fingerprint density at radius 2 is 2.00 bits per heavy atom. The zero-order valence-electron chi connectivity index (χ0n) is 18.1. The maximum absolute atomic E-state index is 13.8. The Labute approximate surface area is 175 Å². The third-order valence-electron chi connectivity index (χ3n) is 8.55. The first-order valence-corrected chi connectivity index (χ1v) is 11.8. The number of nitrogens with one attached hydrogen (secondary N) is 1. The van der Waals surface area contributed by atoms with Gasteiger partial charge in [-0.25, -0.2) is 0 Å². The number of carbonyl (C=O) groups excluding carboxylic acids is 1. The third-order valence-corrected chi connectivity index (χ3v) is 8.55. The summed E-state index contributed by atoms with van der Waals surface area (Å²) in [6.45, 7) is 4.66. The predicted octanol–water partition coefficient (Wildman–Crippen LogP) is 5.43. The first kappa shape index (κ1) is 19.3. The molecule has 4 bridgehead atoms. The average molecular weight is 393 g/mol. The van der Waals surface area contributed by atoms with Crippen molar-refractivity contribution in [1.29, 1.82) is 0 Å². The van der Waals surface area contributed by atoms with Crippen molar-refractivity contribution in [2.24, 2.45) is 21.7 Å². The lowest BCUT2D eigenvalue weighted by Crippen LogP contribution is -2.62. The summed E-state index contributed by atoms with van der Waals surface area (Å²) in [6.07, 6.45) is 13.4. The standard InChI is InChI=1S/C26H36N2O/c1-3-21(12-22-10-7-11-27-22)28-23(29)26-15-19-13-24(2,17-26)16-25(14-19,18-26)20-8-5-4-6-9-20/h4-6,8-9,11,19,21-22H,3,7,10,12-18H2,1-2H3,(H,28,29)/t19?,21-,22+,24?,25?,26?/m0/s1. The van der Waals surface area contributed by atoms with Gasteiger partial charge in [0.1, 0.15) is 0 Å². The second-order valence-corrected chi connectivity index (χ2v) is 11.1. The first-order chi connectivity index (χ1) is 13.9. The van der Waals surface area contributed by atoms with E-state index in [2.05, 4.69) is 60.7 Å². The minimum atomic E-state index is -0.170. The summed E-state index contributed by atoms with van der Waals surface area (Å²) in [7, 11) is 0. The molecule has 4 fully saturated rings. The van der Waals surface area contributed by atoms with Crippen LogP contribution in [-0.4, -0.2) is 24.2 Å². The fraction of sp³-hybridized carbons (Fsp3) is 0.692. The number of benzene rings is 1. The molecular weight excluding hydrogens is 356 g/mol. The summed E-state index contributed by atoms with van der Waals surface area (Å²) in [4.78, 5) is 18.4. The van der Waals surface area contributed by atoms with Gasteiger partial charge in [-0.05, 0) is 92.7 Å². The van der Waals surface area contributed by atoms with Crippen molar-refractivity contribution in [3.8, 4) is 0 Å². The fourth-order valence-corrected chi connectivity index (χ4v) is 8.03. The van der Waals surface area contributed by atoms with E-state index in [4.69, 9.17) is 0 Å². The van der Waals surface area contributed by atoms with Crippen LogP contribution in [0.2, 0.25) is 0 Å². The van der Waals surface area contributed by atoms with Crippen molar-refractivity contribution < 1.29 is 4.79 Å². The molecule has 156 valence electrons. The zero-order chi connectivity index (χ0) is 20.1. The van der Waals surface area contributed by atoms with Gasteiger partial charge < -0.3 is 5.32 Å². The highest BCUT2D eigenvalue weighted by atomic mass is 16.2. The third kappa shape index (κ3) is 3.35. The van der Waals surface area contributed by atoms with Crippen molar-refractivity contribution in [1.82, 2.24) is 5.32 Å². The molecule has 29 heavy (non-hydrogen) atoms. The second kappa shape index (κ2) is 6.96. The number of hydrogen-bond acceptors (Lipinski definition) is 2. The van der Waals surface area contributed by atoms with Crippen LogP contribution >= 0.6 is 0 Å². The Morgan fingerprint density at radius 1 is 1.17 bits per heavy atom. The Bertz CT molecular complexity index is 804. The molecule has 0 aromatic heterocycles. The van der Waals surface area contributed by atoms with Crippen LogP contribution < -0.4 is 5.32 Å². The van der Waals surface area contributed by atoms with Crippen LogP contribution in [0.25, 0.3) is 0 Å². The van der Waals surface area contributed by atoms with Crippen molar-refractivity contribution in [3.05, 3.63) is 35.9 Å². The zero-order valence-corrected chi connectivity index (χ0v) is 18.1. The van der Waals surface area contributed by atoms with Crippen LogP contribution in [0.4, 0.5) is 0 Å². The van der Waals surface area contributed by atoms with Crippen molar-refractivity contribution >= 4 is 12.1 Å². The minimum Gasteiger partial charge on any atom is -0.353 e. The average Bonchev–Trinajstić information content (AvgIpc) is 3.19. The molecule has 4 unspecified atom stereocenters. The molecule has 0 spiro atoms. The number of nitrogens with zero attached hydrogens (tertiary/aromatic N) is 1. The molecule has 3 nitrogen and oxygen atoms in total. The molecule has 1 amide bonds. The lowest BCUT2D eigenvalue weighted by Gasteiger charge is -2.65. The lowest BCUT2D eigenvalue weighted by molar-refractivity contribution is -0.160. The van der Waals surface area contributed by atoms with E-state index in [1.807, 2.05) is 0 Å². The molecule has 1 N–H and O–H groups in total. The van der Waals surface area contributed by atoms with Gasteiger partial charge in [0.2, 0.25) is 5.91 Å². The number of amides is 1. The highest BCUT2D eigenvalue weighted by molar-refractivity contribution is 5.84. The van der Waals surface area contributed by atoms with Gasteiger partial charge in [0.15, 0.2) is 0 Å². The van der Waals surface area contributed by atoms with Gasteiger partial charge in [0.05, 0.1) is 11.5 Å². The molecule has 1 aromatic carbocycles. The van der Waals surface area contributed by atoms with E-state index in [1.165, 1.54) is 24.8 Å². The van der Waals surface area contributed by atoms with Gasteiger partial charge in [-0.3, -0.25) is 9.79 Å². The van der Waals surface area contributed by atoms with E-state index < -0.39 is 0 Å². The molecule has 1 heterocycles. The number of rotatable bonds is 6. The molecule has 4 aliphatic carbocycles.